The molecule has 1 saturated heterocycles. The molecule has 2 aromatic rings. The minimum absolute atomic E-state index is 0.00957. The number of hydrogen-bond donors (Lipinski definition) is 1. The van der Waals surface area contributed by atoms with Gasteiger partial charge in [0.05, 0.1) is 11.1 Å². The molecule has 2 amide bonds. The minimum Gasteiger partial charge on any atom is -0.353 e. The van der Waals surface area contributed by atoms with E-state index in [9.17, 15) is 14.0 Å². The van der Waals surface area contributed by atoms with Gasteiger partial charge in [-0.2, -0.15) is 0 Å². The number of benzene rings is 1. The second kappa shape index (κ2) is 6.67. The Morgan fingerprint density at radius 2 is 1.88 bits per heavy atom. The van der Waals surface area contributed by atoms with Crippen LogP contribution in [0.2, 0.25) is 0 Å². The van der Waals surface area contributed by atoms with Crippen molar-refractivity contribution < 1.29 is 14.0 Å². The zero-order chi connectivity index (χ0) is 18.3. The van der Waals surface area contributed by atoms with Gasteiger partial charge >= 0.3 is 0 Å². The molecule has 0 bridgehead atoms. The maximum absolute atomic E-state index is 13.5. The quantitative estimate of drug-likeness (QED) is 0.921. The zero-order valence-corrected chi connectivity index (χ0v) is 14.8. The standard InChI is InChI=1S/C20H22FN3O2/c1-12-10-17(16-5-2-14(21)11-18(16)22-12)20(26)24-8-6-13(7-9-24)19(25)23-15-3-4-15/h2,5,10-11,13,15H,3-4,6-9H2,1H3,(H,23,25). The molecule has 26 heavy (non-hydrogen) atoms. The summed E-state index contributed by atoms with van der Waals surface area (Å²) in [6, 6.07) is 6.45. The lowest BCUT2D eigenvalue weighted by Crippen LogP contribution is -2.43. The van der Waals surface area contributed by atoms with Crippen molar-refractivity contribution in [3.8, 4) is 0 Å². The number of hydrogen-bond acceptors (Lipinski definition) is 3. The summed E-state index contributed by atoms with van der Waals surface area (Å²) in [7, 11) is 0. The van der Waals surface area contributed by atoms with Crippen molar-refractivity contribution in [1.82, 2.24) is 15.2 Å². The van der Waals surface area contributed by atoms with Crippen molar-refractivity contribution in [3.05, 3.63) is 41.3 Å². The number of nitrogens with zero attached hydrogens (tertiary/aromatic N) is 2. The first-order valence-corrected chi connectivity index (χ1v) is 9.18. The third kappa shape index (κ3) is 3.41. The van der Waals surface area contributed by atoms with Crippen LogP contribution in [0.4, 0.5) is 4.39 Å². The van der Waals surface area contributed by atoms with Crippen LogP contribution in [-0.4, -0.2) is 40.8 Å². The molecule has 5 nitrogen and oxygen atoms in total. The normalized spacial score (nSPS) is 18.2. The lowest BCUT2D eigenvalue weighted by atomic mass is 9.95. The van der Waals surface area contributed by atoms with E-state index in [2.05, 4.69) is 10.3 Å². The highest BCUT2D eigenvalue weighted by Crippen LogP contribution is 2.25. The van der Waals surface area contributed by atoms with Gasteiger partial charge in [0.2, 0.25) is 5.91 Å². The molecular formula is C20H22FN3O2. The number of pyridine rings is 1. The Morgan fingerprint density at radius 3 is 2.58 bits per heavy atom. The fourth-order valence-electron chi connectivity index (χ4n) is 3.57. The minimum atomic E-state index is -0.364. The van der Waals surface area contributed by atoms with E-state index in [1.165, 1.54) is 12.1 Å². The molecule has 0 unspecified atom stereocenters. The van der Waals surface area contributed by atoms with E-state index in [1.807, 2.05) is 0 Å². The molecular weight excluding hydrogens is 333 g/mol. The van der Waals surface area contributed by atoms with Gasteiger partial charge in [0.25, 0.3) is 5.91 Å². The van der Waals surface area contributed by atoms with E-state index in [4.69, 9.17) is 0 Å². The fourth-order valence-corrected chi connectivity index (χ4v) is 3.57. The largest absolute Gasteiger partial charge is 0.353 e. The van der Waals surface area contributed by atoms with Gasteiger partial charge in [-0.3, -0.25) is 14.6 Å². The fraction of sp³-hybridized carbons (Fsp3) is 0.450. The Bertz CT molecular complexity index is 865. The maximum Gasteiger partial charge on any atom is 0.254 e. The molecule has 0 atom stereocenters. The summed E-state index contributed by atoms with van der Waals surface area (Å²) in [6.07, 6.45) is 3.53. The molecule has 6 heteroatoms. The number of aryl methyl sites for hydroxylation is 1. The molecule has 0 spiro atoms. The van der Waals surface area contributed by atoms with E-state index < -0.39 is 0 Å². The van der Waals surface area contributed by atoms with Crippen LogP contribution < -0.4 is 5.32 Å². The van der Waals surface area contributed by atoms with Gasteiger partial charge in [-0.1, -0.05) is 0 Å². The monoisotopic (exact) mass is 355 g/mol. The molecule has 136 valence electrons. The van der Waals surface area contributed by atoms with E-state index >= 15 is 0 Å². The number of carbonyl (C=O) groups excluding carboxylic acids is 2. The third-order valence-corrected chi connectivity index (χ3v) is 5.21. The van der Waals surface area contributed by atoms with Gasteiger partial charge in [-0.05, 0) is 50.8 Å². The second-order valence-electron chi connectivity index (χ2n) is 7.32. The average Bonchev–Trinajstić information content (AvgIpc) is 3.44. The van der Waals surface area contributed by atoms with Gasteiger partial charge in [0.15, 0.2) is 0 Å². The first-order valence-electron chi connectivity index (χ1n) is 9.18. The van der Waals surface area contributed by atoms with Crippen LogP contribution in [0.1, 0.15) is 41.7 Å². The van der Waals surface area contributed by atoms with Crippen molar-refractivity contribution in [2.24, 2.45) is 5.92 Å². The summed E-state index contributed by atoms with van der Waals surface area (Å²) >= 11 is 0. The third-order valence-electron chi connectivity index (χ3n) is 5.21. The summed E-state index contributed by atoms with van der Waals surface area (Å²) in [5.41, 5.74) is 1.73. The second-order valence-corrected chi connectivity index (χ2v) is 7.32. The molecule has 1 N–H and O–H groups in total. The molecule has 1 aromatic carbocycles. The van der Waals surface area contributed by atoms with E-state index in [-0.39, 0.29) is 23.5 Å². The summed E-state index contributed by atoms with van der Waals surface area (Å²) in [5, 5.41) is 3.71. The van der Waals surface area contributed by atoms with Crippen LogP contribution in [0.25, 0.3) is 10.9 Å². The molecule has 1 aliphatic heterocycles. The lowest BCUT2D eigenvalue weighted by molar-refractivity contribution is -0.126. The van der Waals surface area contributed by atoms with Gasteiger partial charge in [-0.25, -0.2) is 4.39 Å². The first-order chi connectivity index (χ1) is 12.5. The average molecular weight is 355 g/mol. The highest BCUT2D eigenvalue weighted by molar-refractivity contribution is 6.06. The van der Waals surface area contributed by atoms with Crippen molar-refractivity contribution >= 4 is 22.7 Å². The SMILES string of the molecule is Cc1cc(C(=O)N2CCC(C(=O)NC3CC3)CC2)c2ccc(F)cc2n1. The number of fused-ring (bicyclic) bond motifs is 1. The van der Waals surface area contributed by atoms with Crippen LogP contribution in [0.3, 0.4) is 0 Å². The number of nitrogens with one attached hydrogen (secondary N) is 1. The maximum atomic E-state index is 13.5. The van der Waals surface area contributed by atoms with Crippen LogP contribution in [0, 0.1) is 18.7 Å². The summed E-state index contributed by atoms with van der Waals surface area (Å²) in [6.45, 7) is 2.92. The van der Waals surface area contributed by atoms with Crippen LogP contribution in [0.15, 0.2) is 24.3 Å². The summed E-state index contributed by atoms with van der Waals surface area (Å²) in [5.74, 6) is -0.324. The van der Waals surface area contributed by atoms with Crippen LogP contribution in [-0.2, 0) is 4.79 Å². The van der Waals surface area contributed by atoms with E-state index in [1.54, 1.807) is 24.0 Å². The number of halogens is 1. The first kappa shape index (κ1) is 16.9. The highest BCUT2D eigenvalue weighted by Gasteiger charge is 2.31. The Morgan fingerprint density at radius 1 is 1.15 bits per heavy atom. The van der Waals surface area contributed by atoms with Crippen molar-refractivity contribution in [3.63, 3.8) is 0 Å². The number of likely N-dealkylation sites (tertiary alicyclic amines) is 1. The van der Waals surface area contributed by atoms with Gasteiger partial charge in [0.1, 0.15) is 5.82 Å². The molecule has 2 heterocycles. The molecule has 2 fully saturated rings. The number of piperidine rings is 1. The molecule has 1 aromatic heterocycles. The predicted molar refractivity (Wildman–Crippen MR) is 96.2 cm³/mol. The Hall–Kier alpha value is -2.50. The smallest absolute Gasteiger partial charge is 0.254 e. The van der Waals surface area contributed by atoms with Gasteiger partial charge < -0.3 is 10.2 Å². The number of carbonyl (C=O) groups is 2. The van der Waals surface area contributed by atoms with E-state index in [0.29, 0.717) is 54.1 Å². The number of aromatic nitrogens is 1. The van der Waals surface area contributed by atoms with Gasteiger partial charge in [-0.15, -0.1) is 0 Å². The molecule has 4 rings (SSSR count). The number of amides is 2. The highest BCUT2D eigenvalue weighted by atomic mass is 19.1. The Labute approximate surface area is 151 Å². The topological polar surface area (TPSA) is 62.3 Å². The van der Waals surface area contributed by atoms with Crippen molar-refractivity contribution in [2.75, 3.05) is 13.1 Å². The summed E-state index contributed by atoms with van der Waals surface area (Å²) < 4.78 is 13.5. The molecule has 1 saturated carbocycles. The van der Waals surface area contributed by atoms with Gasteiger partial charge in [0, 0.05) is 42.2 Å². The lowest BCUT2D eigenvalue weighted by Gasteiger charge is -2.31. The molecule has 2 aliphatic rings. The summed E-state index contributed by atoms with van der Waals surface area (Å²) in [4.78, 5) is 31.3. The Kier molecular flexibility index (Phi) is 4.34. The van der Waals surface area contributed by atoms with Crippen LogP contribution >= 0.6 is 0 Å². The van der Waals surface area contributed by atoms with E-state index in [0.717, 1.165) is 12.8 Å². The van der Waals surface area contributed by atoms with Crippen molar-refractivity contribution in [2.45, 2.75) is 38.6 Å². The molecule has 0 radical (unpaired) electrons. The van der Waals surface area contributed by atoms with Crippen molar-refractivity contribution in [1.29, 1.82) is 0 Å². The number of rotatable bonds is 3. The Balaban J connectivity index is 1.50. The zero-order valence-electron chi connectivity index (χ0n) is 14.8. The van der Waals surface area contributed by atoms with Crippen LogP contribution in [0.5, 0.6) is 0 Å². The predicted octanol–water partition coefficient (Wildman–Crippen LogP) is 2.81. The molecule has 1 aliphatic carbocycles.